The summed E-state index contributed by atoms with van der Waals surface area (Å²) in [4.78, 5) is 28.1. The van der Waals surface area contributed by atoms with Crippen LogP contribution in [0.5, 0.6) is 17.2 Å². The van der Waals surface area contributed by atoms with Crippen LogP contribution in [-0.2, 0) is 16.0 Å². The molecule has 0 radical (unpaired) electrons. The SMILES string of the molecule is COc1cc(C2/C(=C(\O)c3ccc(C)cc3)C(=O)C(=O)N2CCc2ccccc2)cc(OC)c1OC. The third-order valence-electron chi connectivity index (χ3n) is 6.35. The van der Waals surface area contributed by atoms with Gasteiger partial charge in [0.2, 0.25) is 5.75 Å². The van der Waals surface area contributed by atoms with E-state index in [1.807, 2.05) is 49.4 Å². The number of aryl methyl sites for hydroxylation is 1. The molecule has 7 heteroatoms. The van der Waals surface area contributed by atoms with Crippen LogP contribution in [-0.4, -0.2) is 49.6 Å². The van der Waals surface area contributed by atoms with Gasteiger partial charge in [-0.1, -0.05) is 60.2 Å². The number of aliphatic hydroxyl groups excluding tert-OH is 1. The maximum absolute atomic E-state index is 13.3. The molecule has 1 fully saturated rings. The Bertz CT molecular complexity index is 1270. The van der Waals surface area contributed by atoms with E-state index in [9.17, 15) is 14.7 Å². The van der Waals surface area contributed by atoms with Crippen molar-refractivity contribution in [2.45, 2.75) is 19.4 Å². The molecule has 0 spiro atoms. The van der Waals surface area contributed by atoms with Crippen LogP contribution in [0.2, 0.25) is 0 Å². The second-order valence-corrected chi connectivity index (χ2v) is 8.55. The first-order valence-electron chi connectivity index (χ1n) is 11.6. The lowest BCUT2D eigenvalue weighted by molar-refractivity contribution is -0.139. The molecular weight excluding hydrogens is 458 g/mol. The molecule has 1 heterocycles. The first-order chi connectivity index (χ1) is 17.4. The molecule has 7 nitrogen and oxygen atoms in total. The predicted molar refractivity (Wildman–Crippen MR) is 136 cm³/mol. The molecule has 0 bridgehead atoms. The first kappa shape index (κ1) is 24.9. The van der Waals surface area contributed by atoms with Gasteiger partial charge in [0.25, 0.3) is 11.7 Å². The Labute approximate surface area is 210 Å². The summed E-state index contributed by atoms with van der Waals surface area (Å²) in [5, 5.41) is 11.3. The van der Waals surface area contributed by atoms with Crippen molar-refractivity contribution < 1.29 is 28.9 Å². The summed E-state index contributed by atoms with van der Waals surface area (Å²) >= 11 is 0. The zero-order chi connectivity index (χ0) is 25.8. The highest BCUT2D eigenvalue weighted by Gasteiger charge is 2.46. The number of aliphatic hydroxyl groups is 1. The molecule has 0 aromatic heterocycles. The van der Waals surface area contributed by atoms with E-state index in [4.69, 9.17) is 14.2 Å². The van der Waals surface area contributed by atoms with E-state index in [1.54, 1.807) is 24.3 Å². The molecule has 3 aromatic rings. The molecule has 36 heavy (non-hydrogen) atoms. The van der Waals surface area contributed by atoms with Gasteiger partial charge in [-0.2, -0.15) is 0 Å². The van der Waals surface area contributed by atoms with Gasteiger partial charge in [0.05, 0.1) is 32.9 Å². The largest absolute Gasteiger partial charge is 0.507 e. The number of rotatable bonds is 8. The Kier molecular flexibility index (Phi) is 7.29. The number of ether oxygens (including phenoxy) is 3. The summed E-state index contributed by atoms with van der Waals surface area (Å²) in [6.45, 7) is 2.21. The summed E-state index contributed by atoms with van der Waals surface area (Å²) in [7, 11) is 4.50. The van der Waals surface area contributed by atoms with Crippen LogP contribution in [0, 0.1) is 6.92 Å². The van der Waals surface area contributed by atoms with Gasteiger partial charge in [-0.15, -0.1) is 0 Å². The second-order valence-electron chi connectivity index (χ2n) is 8.55. The summed E-state index contributed by atoms with van der Waals surface area (Å²) in [6.07, 6.45) is 0.541. The summed E-state index contributed by atoms with van der Waals surface area (Å²) in [6, 6.07) is 19.4. The number of likely N-dealkylation sites (tertiary alicyclic amines) is 1. The number of Topliss-reactive ketones (excluding diaryl/α,β-unsaturated/α-hetero) is 1. The molecule has 4 rings (SSSR count). The van der Waals surface area contributed by atoms with E-state index in [0.717, 1.165) is 11.1 Å². The normalized spacial score (nSPS) is 16.8. The summed E-state index contributed by atoms with van der Waals surface area (Å²) in [5.74, 6) is -0.470. The average Bonchev–Trinajstić information content (AvgIpc) is 3.16. The lowest BCUT2D eigenvalue weighted by atomic mass is 9.94. The first-order valence-corrected chi connectivity index (χ1v) is 11.6. The predicted octanol–water partition coefficient (Wildman–Crippen LogP) is 4.69. The lowest BCUT2D eigenvalue weighted by Crippen LogP contribution is -2.31. The number of hydrogen-bond donors (Lipinski definition) is 1. The Morgan fingerprint density at radius 3 is 2.06 bits per heavy atom. The summed E-state index contributed by atoms with van der Waals surface area (Å²) in [5.41, 5.74) is 3.08. The molecule has 1 unspecified atom stereocenters. The number of ketones is 1. The maximum atomic E-state index is 13.3. The molecule has 186 valence electrons. The van der Waals surface area contributed by atoms with Crippen molar-refractivity contribution in [3.63, 3.8) is 0 Å². The zero-order valence-corrected chi connectivity index (χ0v) is 20.8. The van der Waals surface area contributed by atoms with Gasteiger partial charge in [-0.3, -0.25) is 9.59 Å². The Morgan fingerprint density at radius 2 is 1.50 bits per heavy atom. The van der Waals surface area contributed by atoms with E-state index < -0.39 is 17.7 Å². The third kappa shape index (κ3) is 4.64. The Balaban J connectivity index is 1.88. The lowest BCUT2D eigenvalue weighted by Gasteiger charge is -2.26. The van der Waals surface area contributed by atoms with Crippen molar-refractivity contribution in [1.29, 1.82) is 0 Å². The molecule has 1 saturated heterocycles. The highest BCUT2D eigenvalue weighted by Crippen LogP contribution is 2.45. The third-order valence-corrected chi connectivity index (χ3v) is 6.35. The van der Waals surface area contributed by atoms with E-state index >= 15 is 0 Å². The Morgan fingerprint density at radius 1 is 0.889 bits per heavy atom. The fourth-order valence-electron chi connectivity index (χ4n) is 4.48. The van der Waals surface area contributed by atoms with Crippen molar-refractivity contribution >= 4 is 17.4 Å². The van der Waals surface area contributed by atoms with Crippen LogP contribution >= 0.6 is 0 Å². The van der Waals surface area contributed by atoms with Gasteiger partial charge in [0, 0.05) is 12.1 Å². The standard InChI is InChI=1S/C29H29NO6/c1-18-10-12-20(13-11-18)26(31)24-25(21-16-22(34-2)28(36-4)23(17-21)35-3)30(29(33)27(24)32)15-14-19-8-6-5-7-9-19/h5-13,16-17,25,31H,14-15H2,1-4H3/b26-24+. The molecule has 3 aromatic carbocycles. The van der Waals surface area contributed by atoms with Gasteiger partial charge in [-0.05, 0) is 36.6 Å². The van der Waals surface area contributed by atoms with Crippen molar-refractivity contribution in [3.05, 3.63) is 94.6 Å². The topological polar surface area (TPSA) is 85.3 Å². The van der Waals surface area contributed by atoms with Crippen LogP contribution < -0.4 is 14.2 Å². The fraction of sp³-hybridized carbons (Fsp3) is 0.241. The van der Waals surface area contributed by atoms with E-state index in [2.05, 4.69) is 0 Å². The van der Waals surface area contributed by atoms with Crippen LogP contribution in [0.3, 0.4) is 0 Å². The molecule has 0 saturated carbocycles. The minimum absolute atomic E-state index is 0.0196. The van der Waals surface area contributed by atoms with Crippen LogP contribution in [0.25, 0.3) is 5.76 Å². The average molecular weight is 488 g/mol. The Hall–Kier alpha value is -4.26. The van der Waals surface area contributed by atoms with Crippen molar-refractivity contribution in [2.75, 3.05) is 27.9 Å². The number of nitrogens with zero attached hydrogens (tertiary/aromatic N) is 1. The minimum atomic E-state index is -0.844. The zero-order valence-electron chi connectivity index (χ0n) is 20.8. The highest BCUT2D eigenvalue weighted by atomic mass is 16.5. The monoisotopic (exact) mass is 487 g/mol. The minimum Gasteiger partial charge on any atom is -0.507 e. The molecule has 1 N–H and O–H groups in total. The van der Waals surface area contributed by atoms with Crippen LogP contribution in [0.15, 0.2) is 72.3 Å². The van der Waals surface area contributed by atoms with Gasteiger partial charge in [-0.25, -0.2) is 0 Å². The second kappa shape index (κ2) is 10.6. The van der Waals surface area contributed by atoms with Crippen molar-refractivity contribution in [3.8, 4) is 17.2 Å². The number of hydrogen-bond acceptors (Lipinski definition) is 6. The van der Waals surface area contributed by atoms with Gasteiger partial charge in [0.1, 0.15) is 5.76 Å². The van der Waals surface area contributed by atoms with Crippen LogP contribution in [0.4, 0.5) is 0 Å². The molecule has 1 amide bonds. The van der Waals surface area contributed by atoms with Crippen molar-refractivity contribution in [2.24, 2.45) is 0 Å². The molecule has 1 atom stereocenters. The van der Waals surface area contributed by atoms with E-state index in [-0.39, 0.29) is 17.9 Å². The smallest absolute Gasteiger partial charge is 0.295 e. The number of benzene rings is 3. The fourth-order valence-corrected chi connectivity index (χ4v) is 4.48. The van der Waals surface area contributed by atoms with Gasteiger partial charge in [0.15, 0.2) is 11.5 Å². The highest BCUT2D eigenvalue weighted by molar-refractivity contribution is 6.46. The molecule has 1 aliphatic rings. The van der Waals surface area contributed by atoms with E-state index in [0.29, 0.717) is 34.8 Å². The summed E-state index contributed by atoms with van der Waals surface area (Å²) < 4.78 is 16.5. The number of amides is 1. The molecular formula is C29H29NO6. The number of methoxy groups -OCH3 is 3. The van der Waals surface area contributed by atoms with Crippen molar-refractivity contribution in [1.82, 2.24) is 4.90 Å². The quantitative estimate of drug-likeness (QED) is 0.282. The molecule has 1 aliphatic heterocycles. The van der Waals surface area contributed by atoms with Gasteiger partial charge < -0.3 is 24.2 Å². The van der Waals surface area contributed by atoms with E-state index in [1.165, 1.54) is 26.2 Å². The number of carbonyl (C=O) groups is 2. The number of carbonyl (C=O) groups excluding carboxylic acids is 2. The van der Waals surface area contributed by atoms with Gasteiger partial charge >= 0.3 is 0 Å². The maximum Gasteiger partial charge on any atom is 0.295 e. The van der Waals surface area contributed by atoms with Crippen LogP contribution in [0.1, 0.15) is 28.3 Å². The molecule has 0 aliphatic carbocycles.